The maximum Gasteiger partial charge on any atom is 0.305 e. The van der Waals surface area contributed by atoms with Crippen molar-refractivity contribution < 1.29 is 19.1 Å². The summed E-state index contributed by atoms with van der Waals surface area (Å²) in [6, 6.07) is 0. The Morgan fingerprint density at radius 2 is 1.46 bits per heavy atom. The second kappa shape index (κ2) is 4.25. The average molecular weight is 186 g/mol. The van der Waals surface area contributed by atoms with E-state index in [1.807, 2.05) is 0 Å². The van der Waals surface area contributed by atoms with Gasteiger partial charge in [0.05, 0.1) is 14.2 Å². The lowest BCUT2D eigenvalue weighted by atomic mass is 10.2. The first-order chi connectivity index (χ1) is 6.17. The molecule has 0 radical (unpaired) electrons. The van der Waals surface area contributed by atoms with Gasteiger partial charge in [0.15, 0.2) is 0 Å². The molecule has 0 aromatic heterocycles. The lowest BCUT2D eigenvalue weighted by Crippen LogP contribution is -2.05. The summed E-state index contributed by atoms with van der Waals surface area (Å²) in [4.78, 5) is 21.6. The number of carbonyl (C=O) groups is 2. The molecule has 1 aliphatic rings. The average Bonchev–Trinajstić information content (AvgIpc) is 2.83. The topological polar surface area (TPSA) is 52.6 Å². The monoisotopic (exact) mass is 186 g/mol. The lowest BCUT2D eigenvalue weighted by molar-refractivity contribution is -0.143. The molecule has 1 rings (SSSR count). The second-order valence-corrected chi connectivity index (χ2v) is 3.32. The van der Waals surface area contributed by atoms with Gasteiger partial charge in [0, 0.05) is 12.8 Å². The van der Waals surface area contributed by atoms with Crippen molar-refractivity contribution in [2.75, 3.05) is 14.2 Å². The molecule has 4 heteroatoms. The van der Waals surface area contributed by atoms with Crippen molar-refractivity contribution in [1.29, 1.82) is 0 Å². The molecule has 2 atom stereocenters. The Morgan fingerprint density at radius 1 is 1.08 bits per heavy atom. The quantitative estimate of drug-likeness (QED) is 0.608. The Kier molecular flexibility index (Phi) is 3.28. The maximum absolute atomic E-state index is 10.8. The molecule has 1 fully saturated rings. The minimum absolute atomic E-state index is 0.197. The first kappa shape index (κ1) is 10.0. The van der Waals surface area contributed by atoms with Crippen molar-refractivity contribution in [2.24, 2.45) is 11.8 Å². The standard InChI is InChI=1S/C9H14O4/c1-12-8(10)4-6-3-7(6)5-9(11)13-2/h6-7H,3-5H2,1-2H3/t6-,7-/m1/s1. The zero-order valence-electron chi connectivity index (χ0n) is 7.91. The molecular weight excluding hydrogens is 172 g/mol. The van der Waals surface area contributed by atoms with Crippen molar-refractivity contribution in [2.45, 2.75) is 19.3 Å². The highest BCUT2D eigenvalue weighted by Crippen LogP contribution is 2.43. The second-order valence-electron chi connectivity index (χ2n) is 3.32. The van der Waals surface area contributed by atoms with Crippen LogP contribution < -0.4 is 0 Å². The number of methoxy groups -OCH3 is 2. The van der Waals surface area contributed by atoms with Gasteiger partial charge in [-0.15, -0.1) is 0 Å². The van der Waals surface area contributed by atoms with Gasteiger partial charge < -0.3 is 9.47 Å². The summed E-state index contributed by atoms with van der Waals surface area (Å²) in [5.41, 5.74) is 0. The number of esters is 2. The van der Waals surface area contributed by atoms with Crippen LogP contribution in [0.1, 0.15) is 19.3 Å². The summed E-state index contributed by atoms with van der Waals surface area (Å²) in [6.07, 6.45) is 1.79. The molecule has 13 heavy (non-hydrogen) atoms. The Bertz CT molecular complexity index is 190. The van der Waals surface area contributed by atoms with Gasteiger partial charge in [-0.2, -0.15) is 0 Å². The largest absolute Gasteiger partial charge is 0.469 e. The Balaban J connectivity index is 2.15. The third-order valence-electron chi connectivity index (χ3n) is 2.38. The zero-order chi connectivity index (χ0) is 9.84. The number of rotatable bonds is 4. The highest BCUT2D eigenvalue weighted by atomic mass is 16.5. The molecule has 0 unspecified atom stereocenters. The number of hydrogen-bond donors (Lipinski definition) is 0. The van der Waals surface area contributed by atoms with Crippen molar-refractivity contribution in [3.63, 3.8) is 0 Å². The van der Waals surface area contributed by atoms with Gasteiger partial charge in [0.1, 0.15) is 0 Å². The van der Waals surface area contributed by atoms with Gasteiger partial charge in [-0.1, -0.05) is 0 Å². The van der Waals surface area contributed by atoms with Crippen LogP contribution in [0.3, 0.4) is 0 Å². The molecule has 74 valence electrons. The van der Waals surface area contributed by atoms with Crippen LogP contribution in [0.15, 0.2) is 0 Å². The molecule has 0 aromatic rings. The summed E-state index contributed by atoms with van der Waals surface area (Å²) in [7, 11) is 2.75. The smallest absolute Gasteiger partial charge is 0.305 e. The predicted molar refractivity (Wildman–Crippen MR) is 44.9 cm³/mol. The number of hydrogen-bond acceptors (Lipinski definition) is 4. The lowest BCUT2D eigenvalue weighted by Gasteiger charge is -1.98. The number of ether oxygens (including phenoxy) is 2. The Labute approximate surface area is 77.2 Å². The van der Waals surface area contributed by atoms with Gasteiger partial charge in [-0.25, -0.2) is 0 Å². The van der Waals surface area contributed by atoms with Gasteiger partial charge in [-0.3, -0.25) is 9.59 Å². The molecule has 0 amide bonds. The summed E-state index contributed by atoms with van der Waals surface area (Å²) in [5, 5.41) is 0. The van der Waals surface area contributed by atoms with E-state index >= 15 is 0 Å². The van der Waals surface area contributed by atoms with Gasteiger partial charge >= 0.3 is 11.9 Å². The number of carbonyl (C=O) groups excluding carboxylic acids is 2. The predicted octanol–water partition coefficient (Wildman–Crippen LogP) is 0.749. The van der Waals surface area contributed by atoms with E-state index in [0.29, 0.717) is 24.7 Å². The van der Waals surface area contributed by atoms with Crippen LogP contribution in [-0.4, -0.2) is 26.2 Å². The fourth-order valence-corrected chi connectivity index (χ4v) is 1.41. The molecule has 0 heterocycles. The maximum atomic E-state index is 10.8. The fourth-order valence-electron chi connectivity index (χ4n) is 1.41. The van der Waals surface area contributed by atoms with E-state index in [9.17, 15) is 9.59 Å². The third kappa shape index (κ3) is 3.05. The van der Waals surface area contributed by atoms with Crippen LogP contribution >= 0.6 is 0 Å². The molecule has 1 saturated carbocycles. The van der Waals surface area contributed by atoms with Crippen LogP contribution in [0, 0.1) is 11.8 Å². The van der Waals surface area contributed by atoms with E-state index in [2.05, 4.69) is 9.47 Å². The van der Waals surface area contributed by atoms with Gasteiger partial charge in [0.2, 0.25) is 0 Å². The molecule has 1 aliphatic carbocycles. The van der Waals surface area contributed by atoms with E-state index in [-0.39, 0.29) is 11.9 Å². The molecule has 0 saturated heterocycles. The van der Waals surface area contributed by atoms with Crippen LogP contribution in [0.4, 0.5) is 0 Å². The summed E-state index contributed by atoms with van der Waals surface area (Å²) < 4.78 is 9.05. The molecule has 0 spiro atoms. The van der Waals surface area contributed by atoms with E-state index < -0.39 is 0 Å². The SMILES string of the molecule is COC(=O)C[C@H]1C[C@@H]1CC(=O)OC. The molecule has 0 bridgehead atoms. The van der Waals surface area contributed by atoms with Crippen molar-refractivity contribution in [1.82, 2.24) is 0 Å². The van der Waals surface area contributed by atoms with Crippen molar-refractivity contribution >= 4 is 11.9 Å². The van der Waals surface area contributed by atoms with Gasteiger partial charge in [0.25, 0.3) is 0 Å². The van der Waals surface area contributed by atoms with Crippen LogP contribution in [-0.2, 0) is 19.1 Å². The molecule has 0 aromatic carbocycles. The van der Waals surface area contributed by atoms with Crippen LogP contribution in [0.2, 0.25) is 0 Å². The fraction of sp³-hybridized carbons (Fsp3) is 0.778. The van der Waals surface area contributed by atoms with Crippen LogP contribution in [0.25, 0.3) is 0 Å². The van der Waals surface area contributed by atoms with Crippen molar-refractivity contribution in [3.05, 3.63) is 0 Å². The molecule has 4 nitrogen and oxygen atoms in total. The zero-order valence-corrected chi connectivity index (χ0v) is 7.91. The summed E-state index contributed by atoms with van der Waals surface area (Å²) in [6.45, 7) is 0. The van der Waals surface area contributed by atoms with E-state index in [0.717, 1.165) is 6.42 Å². The van der Waals surface area contributed by atoms with Crippen LogP contribution in [0.5, 0.6) is 0 Å². The first-order valence-electron chi connectivity index (χ1n) is 4.31. The first-order valence-corrected chi connectivity index (χ1v) is 4.31. The Morgan fingerprint density at radius 3 is 1.77 bits per heavy atom. The van der Waals surface area contributed by atoms with Crippen molar-refractivity contribution in [3.8, 4) is 0 Å². The molecule has 0 aliphatic heterocycles. The normalized spacial score (nSPS) is 25.1. The van der Waals surface area contributed by atoms with E-state index in [4.69, 9.17) is 0 Å². The highest BCUT2D eigenvalue weighted by molar-refractivity contribution is 5.72. The van der Waals surface area contributed by atoms with Gasteiger partial charge in [-0.05, 0) is 18.3 Å². The van der Waals surface area contributed by atoms with E-state index in [1.54, 1.807) is 0 Å². The highest BCUT2D eigenvalue weighted by Gasteiger charge is 2.40. The minimum atomic E-state index is -0.197. The Hall–Kier alpha value is -1.06. The summed E-state index contributed by atoms with van der Waals surface area (Å²) >= 11 is 0. The molecular formula is C9H14O4. The van der Waals surface area contributed by atoms with E-state index in [1.165, 1.54) is 14.2 Å². The molecule has 0 N–H and O–H groups in total. The third-order valence-corrected chi connectivity index (χ3v) is 2.38. The minimum Gasteiger partial charge on any atom is -0.469 e. The summed E-state index contributed by atoms with van der Waals surface area (Å²) in [5.74, 6) is 0.257.